The van der Waals surface area contributed by atoms with Gasteiger partial charge in [-0.25, -0.2) is 0 Å². The number of aryl methyl sites for hydroxylation is 1. The van der Waals surface area contributed by atoms with Crippen LogP contribution in [0, 0.1) is 0 Å². The summed E-state index contributed by atoms with van der Waals surface area (Å²) in [5.41, 5.74) is 3.52. The molecule has 0 aliphatic rings. The molecule has 0 amide bonds. The van der Waals surface area contributed by atoms with Crippen LogP contribution in [0.25, 0.3) is 0 Å². The van der Waals surface area contributed by atoms with Gasteiger partial charge in [0.2, 0.25) is 0 Å². The minimum Gasteiger partial charge on any atom is -0.427 e. The van der Waals surface area contributed by atoms with Gasteiger partial charge in [0.15, 0.2) is 0 Å². The van der Waals surface area contributed by atoms with Gasteiger partial charge in [-0.1, -0.05) is 86.6 Å². The van der Waals surface area contributed by atoms with Gasteiger partial charge in [0.1, 0.15) is 5.75 Å². The fourth-order valence-electron chi connectivity index (χ4n) is 3.38. The minimum absolute atomic E-state index is 0.0142. The molecule has 0 spiro atoms. The van der Waals surface area contributed by atoms with Crippen molar-refractivity contribution in [3.8, 4) is 5.75 Å². The molecule has 0 unspecified atom stereocenters. The van der Waals surface area contributed by atoms with Gasteiger partial charge in [-0.3, -0.25) is 0 Å². The number of unbranched alkanes of at least 4 members (excludes halogenated alkanes) is 5. The van der Waals surface area contributed by atoms with Crippen LogP contribution in [0.3, 0.4) is 0 Å². The van der Waals surface area contributed by atoms with E-state index in [4.69, 9.17) is 4.52 Å². The van der Waals surface area contributed by atoms with E-state index in [1.807, 2.05) is 6.07 Å². The maximum atomic E-state index is 9.40. The summed E-state index contributed by atoms with van der Waals surface area (Å²) in [5, 5.41) is 0. The monoisotopic (exact) mass is 382 g/mol. The highest BCUT2D eigenvalue weighted by Crippen LogP contribution is 2.42. The molecule has 1 rings (SSSR count). The lowest BCUT2D eigenvalue weighted by Crippen LogP contribution is -2.19. The van der Waals surface area contributed by atoms with Crippen LogP contribution in [-0.4, -0.2) is 9.79 Å². The molecule has 0 radical (unpaired) electrons. The van der Waals surface area contributed by atoms with Gasteiger partial charge >= 0.3 is 8.60 Å². The predicted molar refractivity (Wildman–Crippen MR) is 113 cm³/mol. The third-order valence-corrected chi connectivity index (χ3v) is 5.16. The van der Waals surface area contributed by atoms with Crippen molar-refractivity contribution in [3.63, 3.8) is 0 Å². The maximum absolute atomic E-state index is 9.40. The summed E-state index contributed by atoms with van der Waals surface area (Å²) in [6.07, 6.45) is 8.79. The topological polar surface area (TPSA) is 49.7 Å². The van der Waals surface area contributed by atoms with Crippen molar-refractivity contribution < 1.29 is 14.3 Å². The second-order valence-corrected chi connectivity index (χ2v) is 10.1. The highest BCUT2D eigenvalue weighted by atomic mass is 31.2. The number of rotatable bonds is 9. The SMILES string of the molecule is CCCCCCCCc1cc(C(C)(C)C)c(OP(O)O)cc1C(C)(C)C. The van der Waals surface area contributed by atoms with Crippen molar-refractivity contribution in [2.24, 2.45) is 0 Å². The summed E-state index contributed by atoms with van der Waals surface area (Å²) in [6.45, 7) is 15.3. The molecule has 4 heteroatoms. The molecular weight excluding hydrogens is 343 g/mol. The van der Waals surface area contributed by atoms with E-state index < -0.39 is 8.60 Å². The number of hydrogen-bond donors (Lipinski definition) is 2. The van der Waals surface area contributed by atoms with Gasteiger partial charge in [-0.2, -0.15) is 0 Å². The molecule has 0 heterocycles. The van der Waals surface area contributed by atoms with E-state index in [9.17, 15) is 9.79 Å². The van der Waals surface area contributed by atoms with Crippen LogP contribution in [0.15, 0.2) is 12.1 Å². The Hall–Kier alpha value is -0.630. The van der Waals surface area contributed by atoms with E-state index in [0.717, 1.165) is 12.0 Å². The Morgan fingerprint density at radius 1 is 0.808 bits per heavy atom. The zero-order valence-corrected chi connectivity index (χ0v) is 18.7. The summed E-state index contributed by atoms with van der Waals surface area (Å²) in [6, 6.07) is 4.27. The van der Waals surface area contributed by atoms with E-state index in [0.29, 0.717) is 5.75 Å². The van der Waals surface area contributed by atoms with Crippen LogP contribution in [0.2, 0.25) is 0 Å². The molecule has 1 aromatic carbocycles. The fourth-order valence-corrected chi connectivity index (χ4v) is 3.70. The lowest BCUT2D eigenvalue weighted by Gasteiger charge is -2.29. The lowest BCUT2D eigenvalue weighted by atomic mass is 9.78. The summed E-state index contributed by atoms with van der Waals surface area (Å²) >= 11 is 0. The molecule has 3 nitrogen and oxygen atoms in total. The lowest BCUT2D eigenvalue weighted by molar-refractivity contribution is 0.369. The Balaban J connectivity index is 3.13. The Kier molecular flexibility index (Phi) is 9.06. The Labute approximate surface area is 162 Å². The Morgan fingerprint density at radius 3 is 1.85 bits per heavy atom. The second kappa shape index (κ2) is 10.1. The number of hydrogen-bond acceptors (Lipinski definition) is 3. The standard InChI is InChI=1S/C22H39O3P/c1-8-9-10-11-12-13-14-17-15-19(22(5,6)7)20(25-26(23)24)16-18(17)21(2,3)4/h15-16,23-24H,8-14H2,1-7H3. The second-order valence-electron chi connectivity index (χ2n) is 9.37. The zero-order valence-electron chi connectivity index (χ0n) is 17.9. The fraction of sp³-hybridized carbons (Fsp3) is 0.727. The van der Waals surface area contributed by atoms with Crippen molar-refractivity contribution in [1.29, 1.82) is 0 Å². The highest BCUT2D eigenvalue weighted by molar-refractivity contribution is 7.39. The first-order chi connectivity index (χ1) is 12.0. The molecule has 0 saturated heterocycles. The largest absolute Gasteiger partial charge is 0.427 e. The first-order valence-corrected chi connectivity index (χ1v) is 11.2. The van der Waals surface area contributed by atoms with Crippen molar-refractivity contribution in [1.82, 2.24) is 0 Å². The molecule has 0 aliphatic heterocycles. The van der Waals surface area contributed by atoms with Crippen molar-refractivity contribution >= 4 is 8.60 Å². The van der Waals surface area contributed by atoms with Gasteiger partial charge in [-0.15, -0.1) is 0 Å². The molecule has 2 N–H and O–H groups in total. The molecule has 0 fully saturated rings. The third-order valence-electron chi connectivity index (χ3n) is 4.80. The van der Waals surface area contributed by atoms with Gasteiger partial charge in [-0.05, 0) is 40.9 Å². The molecule has 1 aromatic rings. The Morgan fingerprint density at radius 2 is 1.35 bits per heavy atom. The highest BCUT2D eigenvalue weighted by Gasteiger charge is 2.26. The average molecular weight is 383 g/mol. The van der Waals surface area contributed by atoms with Crippen LogP contribution in [0.5, 0.6) is 5.75 Å². The number of benzene rings is 1. The third kappa shape index (κ3) is 7.55. The van der Waals surface area contributed by atoms with E-state index in [-0.39, 0.29) is 10.8 Å². The van der Waals surface area contributed by atoms with Crippen LogP contribution >= 0.6 is 8.60 Å². The van der Waals surface area contributed by atoms with E-state index >= 15 is 0 Å². The van der Waals surface area contributed by atoms with Crippen LogP contribution in [0.1, 0.15) is 104 Å². The molecule has 0 aliphatic carbocycles. The molecule has 26 heavy (non-hydrogen) atoms. The van der Waals surface area contributed by atoms with E-state index in [1.54, 1.807) is 0 Å². The van der Waals surface area contributed by atoms with E-state index in [2.05, 4.69) is 54.5 Å². The van der Waals surface area contributed by atoms with Crippen LogP contribution in [-0.2, 0) is 17.3 Å². The summed E-state index contributed by atoms with van der Waals surface area (Å²) in [7, 11) is -2.42. The smallest absolute Gasteiger partial charge is 0.391 e. The average Bonchev–Trinajstić information content (AvgIpc) is 2.48. The van der Waals surface area contributed by atoms with Crippen LogP contribution in [0.4, 0.5) is 0 Å². The summed E-state index contributed by atoms with van der Waals surface area (Å²) < 4.78 is 5.41. The quantitative estimate of drug-likeness (QED) is 0.366. The van der Waals surface area contributed by atoms with E-state index in [1.165, 1.54) is 49.7 Å². The zero-order chi connectivity index (χ0) is 20.0. The summed E-state index contributed by atoms with van der Waals surface area (Å²) in [5.74, 6) is 0.602. The van der Waals surface area contributed by atoms with Crippen molar-refractivity contribution in [2.45, 2.75) is 104 Å². The van der Waals surface area contributed by atoms with Gasteiger partial charge in [0, 0.05) is 5.56 Å². The first kappa shape index (κ1) is 23.4. The van der Waals surface area contributed by atoms with Gasteiger partial charge < -0.3 is 14.3 Å². The minimum atomic E-state index is -2.42. The summed E-state index contributed by atoms with van der Waals surface area (Å²) in [4.78, 5) is 18.8. The molecular formula is C22H39O3P. The van der Waals surface area contributed by atoms with Crippen molar-refractivity contribution in [3.05, 3.63) is 28.8 Å². The first-order valence-electron chi connectivity index (χ1n) is 10.0. The normalized spacial score (nSPS) is 12.7. The molecule has 0 bridgehead atoms. The van der Waals surface area contributed by atoms with Crippen LogP contribution < -0.4 is 4.52 Å². The van der Waals surface area contributed by atoms with Crippen molar-refractivity contribution in [2.75, 3.05) is 0 Å². The maximum Gasteiger partial charge on any atom is 0.391 e. The predicted octanol–water partition coefficient (Wildman–Crippen LogP) is 6.77. The van der Waals surface area contributed by atoms with Gasteiger partial charge in [0.25, 0.3) is 0 Å². The molecule has 0 saturated carbocycles. The molecule has 0 aromatic heterocycles. The Bertz CT molecular complexity index is 554. The van der Waals surface area contributed by atoms with Gasteiger partial charge in [0.05, 0.1) is 0 Å². The molecule has 0 atom stereocenters. The molecule has 150 valence electrons.